The molecule has 1 aromatic rings. The minimum atomic E-state index is -0.500. The van der Waals surface area contributed by atoms with E-state index >= 15 is 0 Å². The molecule has 0 spiro atoms. The monoisotopic (exact) mass is 391 g/mol. The number of nitrogens with zero attached hydrogens (tertiary/aromatic N) is 3. The Balaban J connectivity index is 1.51. The lowest BCUT2D eigenvalue weighted by Crippen LogP contribution is -2.47. The van der Waals surface area contributed by atoms with Gasteiger partial charge in [0.1, 0.15) is 12.7 Å². The van der Waals surface area contributed by atoms with E-state index in [1.54, 1.807) is 7.11 Å². The van der Waals surface area contributed by atoms with Crippen LogP contribution < -0.4 is 9.47 Å². The summed E-state index contributed by atoms with van der Waals surface area (Å²) in [5, 5.41) is 10.4. The molecule has 158 valence electrons. The SMILES string of the molecule is COc1ccc(CN2CCC(C)CC2)cc1OCC(O)CN1CCN(C)CC1. The van der Waals surface area contributed by atoms with Crippen molar-refractivity contribution in [3.8, 4) is 11.5 Å². The van der Waals surface area contributed by atoms with E-state index in [9.17, 15) is 5.11 Å². The third kappa shape index (κ3) is 6.34. The van der Waals surface area contributed by atoms with E-state index in [2.05, 4.69) is 40.8 Å². The molecule has 1 atom stereocenters. The van der Waals surface area contributed by atoms with Crippen LogP contribution in [-0.2, 0) is 6.54 Å². The number of likely N-dealkylation sites (tertiary alicyclic amines) is 1. The molecule has 1 unspecified atom stereocenters. The topological polar surface area (TPSA) is 48.4 Å². The zero-order valence-corrected chi connectivity index (χ0v) is 17.8. The number of likely N-dealkylation sites (N-methyl/N-ethyl adjacent to an activating group) is 1. The summed E-state index contributed by atoms with van der Waals surface area (Å²) in [6, 6.07) is 6.16. The molecule has 0 amide bonds. The maximum absolute atomic E-state index is 10.4. The standard InChI is InChI=1S/C22H37N3O3/c1-18-6-8-24(9-7-18)15-19-4-5-21(27-3)22(14-19)28-17-20(26)16-25-12-10-23(2)11-13-25/h4-5,14,18,20,26H,6-13,15-17H2,1-3H3. The highest BCUT2D eigenvalue weighted by atomic mass is 16.5. The fraction of sp³-hybridized carbons (Fsp3) is 0.727. The molecule has 0 radical (unpaired) electrons. The van der Waals surface area contributed by atoms with Crippen LogP contribution in [-0.4, -0.2) is 92.5 Å². The number of piperazine rings is 1. The van der Waals surface area contributed by atoms with Gasteiger partial charge in [-0.2, -0.15) is 0 Å². The van der Waals surface area contributed by atoms with Gasteiger partial charge in [-0.3, -0.25) is 9.80 Å². The van der Waals surface area contributed by atoms with Crippen molar-refractivity contribution in [2.24, 2.45) is 5.92 Å². The van der Waals surface area contributed by atoms with E-state index < -0.39 is 6.10 Å². The molecule has 28 heavy (non-hydrogen) atoms. The summed E-state index contributed by atoms with van der Waals surface area (Å²) >= 11 is 0. The van der Waals surface area contributed by atoms with Crippen molar-refractivity contribution in [1.82, 2.24) is 14.7 Å². The van der Waals surface area contributed by atoms with Crippen LogP contribution in [0.3, 0.4) is 0 Å². The van der Waals surface area contributed by atoms with Gasteiger partial charge in [0.25, 0.3) is 0 Å². The van der Waals surface area contributed by atoms with E-state index in [4.69, 9.17) is 9.47 Å². The van der Waals surface area contributed by atoms with Crippen LogP contribution in [0.1, 0.15) is 25.3 Å². The average molecular weight is 392 g/mol. The smallest absolute Gasteiger partial charge is 0.161 e. The molecule has 2 saturated heterocycles. The second-order valence-corrected chi connectivity index (χ2v) is 8.51. The van der Waals surface area contributed by atoms with Crippen molar-refractivity contribution < 1.29 is 14.6 Å². The Labute approximate surface area is 170 Å². The Hall–Kier alpha value is -1.34. The highest BCUT2D eigenvalue weighted by Gasteiger charge is 2.19. The number of aliphatic hydroxyl groups excluding tert-OH is 1. The third-order valence-corrected chi connectivity index (χ3v) is 6.01. The minimum Gasteiger partial charge on any atom is -0.493 e. The van der Waals surface area contributed by atoms with Gasteiger partial charge in [0.05, 0.1) is 7.11 Å². The summed E-state index contributed by atoms with van der Waals surface area (Å²) in [5.41, 5.74) is 1.24. The zero-order valence-electron chi connectivity index (χ0n) is 17.8. The van der Waals surface area contributed by atoms with Crippen molar-refractivity contribution in [3.05, 3.63) is 23.8 Å². The maximum Gasteiger partial charge on any atom is 0.161 e. The van der Waals surface area contributed by atoms with E-state index in [0.717, 1.165) is 63.2 Å². The first kappa shape index (κ1) is 21.4. The summed E-state index contributed by atoms with van der Waals surface area (Å²) in [5.74, 6) is 2.29. The molecule has 2 fully saturated rings. The van der Waals surface area contributed by atoms with Gasteiger partial charge in [-0.05, 0) is 56.6 Å². The van der Waals surface area contributed by atoms with Gasteiger partial charge in [-0.15, -0.1) is 0 Å². The van der Waals surface area contributed by atoms with Crippen molar-refractivity contribution in [1.29, 1.82) is 0 Å². The van der Waals surface area contributed by atoms with Crippen LogP contribution in [0.4, 0.5) is 0 Å². The zero-order chi connectivity index (χ0) is 19.9. The number of aliphatic hydroxyl groups is 1. The quantitative estimate of drug-likeness (QED) is 0.731. The molecule has 0 bridgehead atoms. The number of benzene rings is 1. The molecule has 6 heteroatoms. The van der Waals surface area contributed by atoms with E-state index in [1.807, 2.05) is 6.07 Å². The van der Waals surface area contributed by atoms with Gasteiger partial charge in [0, 0.05) is 39.3 Å². The first-order chi connectivity index (χ1) is 13.5. The Kier molecular flexibility index (Phi) is 7.97. The molecule has 1 N–H and O–H groups in total. The van der Waals surface area contributed by atoms with Gasteiger partial charge in [-0.25, -0.2) is 0 Å². The van der Waals surface area contributed by atoms with E-state index in [-0.39, 0.29) is 6.61 Å². The lowest BCUT2D eigenvalue weighted by atomic mass is 9.99. The van der Waals surface area contributed by atoms with Crippen LogP contribution in [0.5, 0.6) is 11.5 Å². The Morgan fingerprint density at radius 2 is 1.75 bits per heavy atom. The van der Waals surface area contributed by atoms with E-state index in [1.165, 1.54) is 18.4 Å². The van der Waals surface area contributed by atoms with Crippen molar-refractivity contribution in [2.75, 3.05) is 66.6 Å². The fourth-order valence-electron chi connectivity index (χ4n) is 3.98. The average Bonchev–Trinajstić information content (AvgIpc) is 2.70. The molecule has 3 rings (SSSR count). The predicted molar refractivity (Wildman–Crippen MR) is 112 cm³/mol. The van der Waals surface area contributed by atoms with Crippen LogP contribution >= 0.6 is 0 Å². The predicted octanol–water partition coefficient (Wildman–Crippen LogP) is 1.91. The summed E-state index contributed by atoms with van der Waals surface area (Å²) in [6.45, 7) is 10.6. The molecule has 2 aliphatic rings. The Morgan fingerprint density at radius 3 is 2.43 bits per heavy atom. The summed E-state index contributed by atoms with van der Waals surface area (Å²) in [6.07, 6.45) is 2.05. The fourth-order valence-corrected chi connectivity index (χ4v) is 3.98. The molecular formula is C22H37N3O3. The number of β-amino-alcohol motifs (C(OH)–C–C–N with tert-alkyl or cyclic N) is 1. The molecule has 0 aromatic heterocycles. The maximum atomic E-state index is 10.4. The summed E-state index contributed by atoms with van der Waals surface area (Å²) < 4.78 is 11.4. The van der Waals surface area contributed by atoms with Gasteiger partial charge in [0.15, 0.2) is 11.5 Å². The van der Waals surface area contributed by atoms with Crippen LogP contribution in [0, 0.1) is 5.92 Å². The van der Waals surface area contributed by atoms with Crippen LogP contribution in [0.2, 0.25) is 0 Å². The second-order valence-electron chi connectivity index (χ2n) is 8.51. The molecule has 2 heterocycles. The molecule has 0 saturated carbocycles. The third-order valence-electron chi connectivity index (χ3n) is 6.01. The lowest BCUT2D eigenvalue weighted by Gasteiger charge is -2.33. The molecule has 6 nitrogen and oxygen atoms in total. The Morgan fingerprint density at radius 1 is 1.04 bits per heavy atom. The van der Waals surface area contributed by atoms with E-state index in [0.29, 0.717) is 6.54 Å². The summed E-state index contributed by atoms with van der Waals surface area (Å²) in [4.78, 5) is 7.13. The number of hydrogen-bond acceptors (Lipinski definition) is 6. The van der Waals surface area contributed by atoms with Gasteiger partial charge in [0.2, 0.25) is 0 Å². The van der Waals surface area contributed by atoms with Crippen molar-refractivity contribution >= 4 is 0 Å². The van der Waals surface area contributed by atoms with Gasteiger partial charge < -0.3 is 19.5 Å². The largest absolute Gasteiger partial charge is 0.493 e. The molecule has 0 aliphatic carbocycles. The molecule has 1 aromatic carbocycles. The van der Waals surface area contributed by atoms with Crippen molar-refractivity contribution in [3.63, 3.8) is 0 Å². The molecule has 2 aliphatic heterocycles. The van der Waals surface area contributed by atoms with Crippen LogP contribution in [0.25, 0.3) is 0 Å². The van der Waals surface area contributed by atoms with Gasteiger partial charge in [-0.1, -0.05) is 13.0 Å². The second kappa shape index (κ2) is 10.4. The first-order valence-corrected chi connectivity index (χ1v) is 10.6. The first-order valence-electron chi connectivity index (χ1n) is 10.6. The number of piperidine rings is 1. The Bertz CT molecular complexity index is 597. The molecular weight excluding hydrogens is 354 g/mol. The van der Waals surface area contributed by atoms with Crippen molar-refractivity contribution in [2.45, 2.75) is 32.4 Å². The summed E-state index contributed by atoms with van der Waals surface area (Å²) in [7, 11) is 3.80. The number of hydrogen-bond donors (Lipinski definition) is 1. The van der Waals surface area contributed by atoms with Crippen LogP contribution in [0.15, 0.2) is 18.2 Å². The number of methoxy groups -OCH3 is 1. The number of rotatable bonds is 8. The highest BCUT2D eigenvalue weighted by Crippen LogP contribution is 2.29. The highest BCUT2D eigenvalue weighted by molar-refractivity contribution is 5.43. The number of ether oxygens (including phenoxy) is 2. The van der Waals surface area contributed by atoms with Gasteiger partial charge >= 0.3 is 0 Å². The lowest BCUT2D eigenvalue weighted by molar-refractivity contribution is 0.0497. The normalized spacial score (nSPS) is 21.6. The minimum absolute atomic E-state index is 0.285.